The maximum absolute atomic E-state index is 12.1. The highest BCUT2D eigenvalue weighted by Crippen LogP contribution is 2.50. The van der Waals surface area contributed by atoms with Crippen LogP contribution in [0.4, 0.5) is 0 Å². The highest BCUT2D eigenvalue weighted by atomic mass is 35.5. The summed E-state index contributed by atoms with van der Waals surface area (Å²) in [5.74, 6) is -2.14. The normalized spacial score (nSPS) is 18.5. The molecule has 5 nitrogen and oxygen atoms in total. The summed E-state index contributed by atoms with van der Waals surface area (Å²) in [6, 6.07) is 5.50. The molecule has 102 valence electrons. The van der Waals surface area contributed by atoms with Gasteiger partial charge in [0.05, 0.1) is 0 Å². The van der Waals surface area contributed by atoms with Crippen molar-refractivity contribution in [2.45, 2.75) is 8.54 Å². The Kier molecular flexibility index (Phi) is 3.23. The first-order valence-corrected chi connectivity index (χ1v) is 7.35. The van der Waals surface area contributed by atoms with Gasteiger partial charge < -0.3 is 0 Å². The van der Waals surface area contributed by atoms with Crippen molar-refractivity contribution >= 4 is 56.5 Å². The molecule has 2 rings (SSSR count). The van der Waals surface area contributed by atoms with Crippen LogP contribution in [-0.4, -0.2) is 33.1 Å². The highest BCUT2D eigenvalue weighted by Gasteiger charge is 2.69. The fourth-order valence-electron chi connectivity index (χ4n) is 1.80. The van der Waals surface area contributed by atoms with Crippen molar-refractivity contribution in [2.24, 2.45) is 0 Å². The summed E-state index contributed by atoms with van der Waals surface area (Å²) in [5, 5.41) is 0. The third-order valence-electron chi connectivity index (χ3n) is 2.77. The zero-order valence-corrected chi connectivity index (χ0v) is 12.0. The average molecular weight is 344 g/mol. The molecule has 0 bridgehead atoms. The van der Waals surface area contributed by atoms with Gasteiger partial charge >= 0.3 is 10.1 Å². The number of rotatable bonds is 2. The van der Waals surface area contributed by atoms with Crippen molar-refractivity contribution in [3.8, 4) is 0 Å². The van der Waals surface area contributed by atoms with Crippen molar-refractivity contribution in [1.82, 2.24) is 0 Å². The fourth-order valence-corrected chi connectivity index (χ4v) is 3.18. The van der Waals surface area contributed by atoms with Crippen LogP contribution in [0.5, 0.6) is 0 Å². The van der Waals surface area contributed by atoms with Gasteiger partial charge in [-0.05, 0) is 0 Å². The lowest BCUT2D eigenvalue weighted by Crippen LogP contribution is -2.54. The summed E-state index contributed by atoms with van der Waals surface area (Å²) in [7, 11) is -5.17. The van der Waals surface area contributed by atoms with E-state index in [1.165, 1.54) is 24.3 Å². The molecule has 0 aromatic heterocycles. The van der Waals surface area contributed by atoms with Gasteiger partial charge in [-0.2, -0.15) is 8.42 Å². The maximum atomic E-state index is 12.1. The second-order valence-corrected chi connectivity index (χ2v) is 7.76. The van der Waals surface area contributed by atoms with Crippen LogP contribution in [0.3, 0.4) is 0 Å². The standard InChI is InChI=1S/C10H5Cl3O5S/c11-9(10(12,13)19(16,17)18)7(14)5-3-1-2-4-6(5)8(9)15/h1-4H,(H,16,17,18). The van der Waals surface area contributed by atoms with Crippen LogP contribution in [0.2, 0.25) is 0 Å². The van der Waals surface area contributed by atoms with Gasteiger partial charge in [0.15, 0.2) is 11.6 Å². The second kappa shape index (κ2) is 4.17. The molecule has 0 saturated heterocycles. The van der Waals surface area contributed by atoms with Crippen molar-refractivity contribution in [1.29, 1.82) is 0 Å². The summed E-state index contributed by atoms with van der Waals surface area (Å²) in [6.45, 7) is 0. The molecule has 0 unspecified atom stereocenters. The van der Waals surface area contributed by atoms with Gasteiger partial charge in [-0.1, -0.05) is 59.1 Å². The van der Waals surface area contributed by atoms with E-state index >= 15 is 0 Å². The molecule has 0 radical (unpaired) electrons. The molecule has 1 aromatic rings. The van der Waals surface area contributed by atoms with Crippen LogP contribution >= 0.6 is 34.8 Å². The van der Waals surface area contributed by atoms with Gasteiger partial charge in [0.1, 0.15) is 0 Å². The fraction of sp³-hybridized carbons (Fsp3) is 0.200. The third kappa shape index (κ3) is 1.75. The number of carbonyl (C=O) groups is 2. The Morgan fingerprint density at radius 1 is 1.05 bits per heavy atom. The van der Waals surface area contributed by atoms with E-state index in [2.05, 4.69) is 0 Å². The molecule has 19 heavy (non-hydrogen) atoms. The van der Waals surface area contributed by atoms with Gasteiger partial charge in [-0.25, -0.2) is 0 Å². The minimum absolute atomic E-state index is 0.100. The van der Waals surface area contributed by atoms with Crippen LogP contribution in [0.1, 0.15) is 20.7 Å². The Morgan fingerprint density at radius 3 is 1.74 bits per heavy atom. The first-order chi connectivity index (χ1) is 8.55. The largest absolute Gasteiger partial charge is 0.302 e. The first kappa shape index (κ1) is 14.7. The number of Topliss-reactive ketones (excluding diaryl/α,β-unsaturated/α-hetero) is 2. The number of alkyl halides is 3. The lowest BCUT2D eigenvalue weighted by atomic mass is 10.1. The molecule has 1 N–H and O–H groups in total. The number of hydrogen-bond acceptors (Lipinski definition) is 4. The van der Waals surface area contributed by atoms with Crippen molar-refractivity contribution in [2.75, 3.05) is 0 Å². The minimum atomic E-state index is -5.17. The second-order valence-electron chi connectivity index (χ2n) is 3.85. The highest BCUT2D eigenvalue weighted by molar-refractivity contribution is 7.90. The molecule has 0 spiro atoms. The van der Waals surface area contributed by atoms with Crippen LogP contribution < -0.4 is 0 Å². The Balaban J connectivity index is 2.74. The van der Waals surface area contributed by atoms with Gasteiger partial charge in [-0.3, -0.25) is 14.1 Å². The van der Waals surface area contributed by atoms with E-state index in [0.29, 0.717) is 0 Å². The summed E-state index contributed by atoms with van der Waals surface area (Å²) in [6.07, 6.45) is 0. The summed E-state index contributed by atoms with van der Waals surface area (Å²) in [5.41, 5.74) is -0.200. The van der Waals surface area contributed by atoms with Crippen molar-refractivity contribution < 1.29 is 22.6 Å². The van der Waals surface area contributed by atoms with Gasteiger partial charge in [0.25, 0.3) is 3.67 Å². The zero-order valence-electron chi connectivity index (χ0n) is 8.93. The van der Waals surface area contributed by atoms with E-state index in [0.717, 1.165) is 0 Å². The summed E-state index contributed by atoms with van der Waals surface area (Å²) < 4.78 is 28.2. The molecule has 0 fully saturated rings. The van der Waals surface area contributed by atoms with Crippen molar-refractivity contribution in [3.63, 3.8) is 0 Å². The van der Waals surface area contributed by atoms with E-state index in [9.17, 15) is 18.0 Å². The molecule has 0 saturated carbocycles. The predicted octanol–water partition coefficient (Wildman–Crippen LogP) is 2.06. The van der Waals surface area contributed by atoms with E-state index < -0.39 is 30.2 Å². The summed E-state index contributed by atoms with van der Waals surface area (Å²) in [4.78, 5) is 21.4. The van der Waals surface area contributed by atoms with E-state index in [1.807, 2.05) is 0 Å². The SMILES string of the molecule is O=C1c2ccccc2C(=O)C1(Cl)C(Cl)(Cl)S(=O)(=O)O. The quantitative estimate of drug-likeness (QED) is 0.504. The average Bonchev–Trinajstić information content (AvgIpc) is 2.52. The maximum Gasteiger partial charge on any atom is 0.302 e. The number of halogens is 3. The molecule has 1 aliphatic rings. The van der Waals surface area contributed by atoms with E-state index in [-0.39, 0.29) is 11.1 Å². The molecular weight excluding hydrogens is 339 g/mol. The monoisotopic (exact) mass is 342 g/mol. The van der Waals surface area contributed by atoms with Crippen LogP contribution in [0.25, 0.3) is 0 Å². The molecule has 0 heterocycles. The zero-order chi connectivity index (χ0) is 14.6. The summed E-state index contributed by atoms with van der Waals surface area (Å²) >= 11 is 16.8. The van der Waals surface area contributed by atoms with Crippen molar-refractivity contribution in [3.05, 3.63) is 35.4 Å². The van der Waals surface area contributed by atoms with Gasteiger partial charge in [0, 0.05) is 11.1 Å². The topological polar surface area (TPSA) is 88.5 Å². The molecule has 9 heteroatoms. The Morgan fingerprint density at radius 2 is 1.42 bits per heavy atom. The molecule has 0 amide bonds. The van der Waals surface area contributed by atoms with Crippen LogP contribution in [0, 0.1) is 0 Å². The number of hydrogen-bond donors (Lipinski definition) is 1. The minimum Gasteiger partial charge on any atom is -0.291 e. The molecule has 1 aliphatic carbocycles. The Hall–Kier alpha value is -0.660. The van der Waals surface area contributed by atoms with Gasteiger partial charge in [-0.15, -0.1) is 0 Å². The number of carbonyl (C=O) groups excluding carboxylic acids is 2. The van der Waals surface area contributed by atoms with Crippen LogP contribution in [-0.2, 0) is 10.1 Å². The predicted molar refractivity (Wildman–Crippen MR) is 69.7 cm³/mol. The number of fused-ring (bicyclic) bond motifs is 1. The third-order valence-corrected chi connectivity index (χ3v) is 6.39. The lowest BCUT2D eigenvalue weighted by molar-refractivity contribution is 0.0861. The number of ketones is 2. The van der Waals surface area contributed by atoms with E-state index in [1.54, 1.807) is 0 Å². The van der Waals surface area contributed by atoms with Gasteiger partial charge in [0.2, 0.25) is 4.87 Å². The molecule has 1 aromatic carbocycles. The first-order valence-electron chi connectivity index (χ1n) is 4.77. The Bertz CT molecular complexity index is 660. The molecule has 0 atom stereocenters. The van der Waals surface area contributed by atoms with Crippen LogP contribution in [0.15, 0.2) is 24.3 Å². The lowest BCUT2D eigenvalue weighted by Gasteiger charge is -2.28. The Labute approximate surface area is 123 Å². The smallest absolute Gasteiger partial charge is 0.291 e. The number of benzene rings is 1. The van der Waals surface area contributed by atoms with E-state index in [4.69, 9.17) is 39.4 Å². The molecule has 0 aliphatic heterocycles. The molecular formula is C10H5Cl3O5S.